The molecule has 5 heteroatoms. The van der Waals surface area contributed by atoms with Crippen LogP contribution in [0.4, 0.5) is 0 Å². The molecule has 0 heterocycles. The molecule has 1 aromatic rings. The summed E-state index contributed by atoms with van der Waals surface area (Å²) in [5.41, 5.74) is 0.458. The summed E-state index contributed by atoms with van der Waals surface area (Å²) in [7, 11) is 0. The lowest BCUT2D eigenvalue weighted by atomic mass is 10.2. The van der Waals surface area contributed by atoms with Crippen molar-refractivity contribution in [1.82, 2.24) is 10.6 Å². The molecule has 17 heavy (non-hydrogen) atoms. The summed E-state index contributed by atoms with van der Waals surface area (Å²) in [6.45, 7) is 4.51. The maximum atomic E-state index is 11.8. The Morgan fingerprint density at radius 3 is 2.71 bits per heavy atom. The van der Waals surface area contributed by atoms with Crippen LogP contribution in [0.25, 0.3) is 0 Å². The molecule has 0 aromatic heterocycles. The third-order valence-electron chi connectivity index (χ3n) is 2.24. The Morgan fingerprint density at radius 1 is 1.29 bits per heavy atom. The van der Waals surface area contributed by atoms with Crippen LogP contribution in [0, 0.1) is 0 Å². The van der Waals surface area contributed by atoms with E-state index in [4.69, 9.17) is 23.2 Å². The fourth-order valence-electron chi connectivity index (χ4n) is 1.36. The Morgan fingerprint density at radius 2 is 2.06 bits per heavy atom. The Labute approximate surface area is 111 Å². The van der Waals surface area contributed by atoms with Gasteiger partial charge in [-0.05, 0) is 37.7 Å². The summed E-state index contributed by atoms with van der Waals surface area (Å²) < 4.78 is 0. The van der Waals surface area contributed by atoms with Crippen LogP contribution in [0.5, 0.6) is 0 Å². The van der Waals surface area contributed by atoms with Gasteiger partial charge < -0.3 is 10.6 Å². The second kappa shape index (κ2) is 7.54. The minimum atomic E-state index is -0.164. The summed E-state index contributed by atoms with van der Waals surface area (Å²) in [4.78, 5) is 11.8. The van der Waals surface area contributed by atoms with E-state index in [0.29, 0.717) is 22.2 Å². The van der Waals surface area contributed by atoms with Gasteiger partial charge in [-0.3, -0.25) is 4.79 Å². The van der Waals surface area contributed by atoms with Gasteiger partial charge in [-0.15, -0.1) is 0 Å². The molecule has 3 nitrogen and oxygen atoms in total. The highest BCUT2D eigenvalue weighted by molar-refractivity contribution is 6.36. The highest BCUT2D eigenvalue weighted by Crippen LogP contribution is 2.20. The first-order chi connectivity index (χ1) is 8.15. The molecular formula is C12H16Cl2N2O. The van der Waals surface area contributed by atoms with Gasteiger partial charge in [0.2, 0.25) is 0 Å². The van der Waals surface area contributed by atoms with Crippen molar-refractivity contribution < 1.29 is 4.79 Å². The van der Waals surface area contributed by atoms with E-state index in [-0.39, 0.29) is 5.91 Å². The molecule has 0 saturated carbocycles. The van der Waals surface area contributed by atoms with Crippen LogP contribution in [-0.4, -0.2) is 25.5 Å². The van der Waals surface area contributed by atoms with E-state index in [0.717, 1.165) is 19.5 Å². The first kappa shape index (κ1) is 14.3. The number of amides is 1. The Hall–Kier alpha value is -0.770. The fraction of sp³-hybridized carbons (Fsp3) is 0.417. The second-order valence-electron chi connectivity index (χ2n) is 3.59. The molecule has 0 unspecified atom stereocenters. The average molecular weight is 275 g/mol. The Balaban J connectivity index is 2.42. The van der Waals surface area contributed by atoms with E-state index in [1.54, 1.807) is 18.2 Å². The minimum Gasteiger partial charge on any atom is -0.352 e. The van der Waals surface area contributed by atoms with Crippen LogP contribution < -0.4 is 10.6 Å². The summed E-state index contributed by atoms with van der Waals surface area (Å²) in [6.07, 6.45) is 0.894. The predicted molar refractivity (Wildman–Crippen MR) is 72.0 cm³/mol. The van der Waals surface area contributed by atoms with Gasteiger partial charge in [0.05, 0.1) is 10.6 Å². The van der Waals surface area contributed by atoms with Gasteiger partial charge in [-0.2, -0.15) is 0 Å². The van der Waals surface area contributed by atoms with E-state index >= 15 is 0 Å². The minimum absolute atomic E-state index is 0.164. The zero-order valence-electron chi connectivity index (χ0n) is 9.72. The normalized spacial score (nSPS) is 10.3. The number of rotatable bonds is 6. The van der Waals surface area contributed by atoms with Crippen LogP contribution in [0.2, 0.25) is 10.0 Å². The lowest BCUT2D eigenvalue weighted by Crippen LogP contribution is -2.27. The van der Waals surface area contributed by atoms with Crippen LogP contribution >= 0.6 is 23.2 Å². The van der Waals surface area contributed by atoms with Gasteiger partial charge in [-0.1, -0.05) is 30.1 Å². The third-order valence-corrected chi connectivity index (χ3v) is 2.79. The summed E-state index contributed by atoms with van der Waals surface area (Å²) in [5.74, 6) is -0.164. The second-order valence-corrected chi connectivity index (χ2v) is 4.43. The Bertz CT molecular complexity index is 383. The number of hydrogen-bond donors (Lipinski definition) is 2. The number of hydrogen-bond acceptors (Lipinski definition) is 2. The maximum absolute atomic E-state index is 11.8. The van der Waals surface area contributed by atoms with Crippen LogP contribution in [0.3, 0.4) is 0 Å². The van der Waals surface area contributed by atoms with E-state index in [9.17, 15) is 4.79 Å². The van der Waals surface area contributed by atoms with Gasteiger partial charge in [0.25, 0.3) is 5.91 Å². The molecule has 0 radical (unpaired) electrons. The molecule has 0 fully saturated rings. The predicted octanol–water partition coefficient (Wildman–Crippen LogP) is 2.72. The van der Waals surface area contributed by atoms with Crippen molar-refractivity contribution in [3.63, 3.8) is 0 Å². The van der Waals surface area contributed by atoms with E-state index in [1.165, 1.54) is 0 Å². The number of halogens is 2. The van der Waals surface area contributed by atoms with Gasteiger partial charge in [0.1, 0.15) is 0 Å². The van der Waals surface area contributed by atoms with Gasteiger partial charge in [0, 0.05) is 11.6 Å². The van der Waals surface area contributed by atoms with Crippen molar-refractivity contribution in [2.75, 3.05) is 19.6 Å². The lowest BCUT2D eigenvalue weighted by Gasteiger charge is -2.07. The molecule has 0 aliphatic rings. The largest absolute Gasteiger partial charge is 0.352 e. The molecule has 1 aromatic carbocycles. The molecule has 0 atom stereocenters. The molecule has 0 aliphatic carbocycles. The first-order valence-corrected chi connectivity index (χ1v) is 6.34. The monoisotopic (exact) mass is 274 g/mol. The van der Waals surface area contributed by atoms with E-state index in [1.807, 2.05) is 6.92 Å². The standard InChI is InChI=1S/C12H16Cl2N2O/c1-2-15-6-3-7-16-12(17)10-5-4-9(13)8-11(10)14/h4-5,8,15H,2-3,6-7H2,1H3,(H,16,17). The fourth-order valence-corrected chi connectivity index (χ4v) is 1.86. The quantitative estimate of drug-likeness (QED) is 0.784. The van der Waals surface area contributed by atoms with Crippen molar-refractivity contribution in [2.45, 2.75) is 13.3 Å². The van der Waals surface area contributed by atoms with Crippen LogP contribution in [0.1, 0.15) is 23.7 Å². The number of nitrogens with one attached hydrogen (secondary N) is 2. The van der Waals surface area contributed by atoms with Gasteiger partial charge in [0.15, 0.2) is 0 Å². The lowest BCUT2D eigenvalue weighted by molar-refractivity contribution is 0.0953. The van der Waals surface area contributed by atoms with E-state index in [2.05, 4.69) is 10.6 Å². The van der Waals surface area contributed by atoms with Crippen molar-refractivity contribution in [2.24, 2.45) is 0 Å². The molecule has 1 amide bonds. The Kier molecular flexibility index (Phi) is 6.34. The SMILES string of the molecule is CCNCCCNC(=O)c1ccc(Cl)cc1Cl. The molecule has 1 rings (SSSR count). The highest BCUT2D eigenvalue weighted by Gasteiger charge is 2.09. The molecule has 0 bridgehead atoms. The topological polar surface area (TPSA) is 41.1 Å². The molecule has 0 saturated heterocycles. The average Bonchev–Trinajstić information content (AvgIpc) is 2.28. The summed E-state index contributed by atoms with van der Waals surface area (Å²) >= 11 is 11.7. The van der Waals surface area contributed by atoms with Crippen LogP contribution in [-0.2, 0) is 0 Å². The van der Waals surface area contributed by atoms with Crippen molar-refractivity contribution in [3.8, 4) is 0 Å². The molecule has 0 aliphatic heterocycles. The number of benzene rings is 1. The maximum Gasteiger partial charge on any atom is 0.252 e. The summed E-state index contributed by atoms with van der Waals surface area (Å²) in [5, 5.41) is 6.90. The smallest absolute Gasteiger partial charge is 0.252 e. The summed E-state index contributed by atoms with van der Waals surface area (Å²) in [6, 6.07) is 4.85. The van der Waals surface area contributed by atoms with Crippen LogP contribution in [0.15, 0.2) is 18.2 Å². The van der Waals surface area contributed by atoms with Gasteiger partial charge in [-0.25, -0.2) is 0 Å². The van der Waals surface area contributed by atoms with Gasteiger partial charge >= 0.3 is 0 Å². The van der Waals surface area contributed by atoms with E-state index < -0.39 is 0 Å². The highest BCUT2D eigenvalue weighted by atomic mass is 35.5. The number of carbonyl (C=O) groups excluding carboxylic acids is 1. The van der Waals surface area contributed by atoms with Crippen molar-refractivity contribution in [3.05, 3.63) is 33.8 Å². The third kappa shape index (κ3) is 4.94. The molecule has 2 N–H and O–H groups in total. The van der Waals surface area contributed by atoms with Crippen molar-refractivity contribution in [1.29, 1.82) is 0 Å². The molecule has 94 valence electrons. The molecular weight excluding hydrogens is 259 g/mol. The molecule has 0 spiro atoms. The first-order valence-electron chi connectivity index (χ1n) is 5.59. The zero-order chi connectivity index (χ0) is 12.7. The number of carbonyl (C=O) groups is 1. The zero-order valence-corrected chi connectivity index (χ0v) is 11.2. The van der Waals surface area contributed by atoms with Crippen molar-refractivity contribution >= 4 is 29.1 Å².